The monoisotopic (exact) mass is 521 g/mol. The highest BCUT2D eigenvalue weighted by molar-refractivity contribution is 5.93. The zero-order valence-electron chi connectivity index (χ0n) is 22.0. The third-order valence-corrected chi connectivity index (χ3v) is 6.34. The Morgan fingerprint density at radius 2 is 1.87 bits per heavy atom. The molecule has 1 aromatic heterocycles. The minimum atomic E-state index is -0.418. The lowest BCUT2D eigenvalue weighted by atomic mass is 9.95. The molecule has 0 fully saturated rings. The number of nitrogens with zero attached hydrogens (tertiary/aromatic N) is 2. The van der Waals surface area contributed by atoms with Crippen LogP contribution in [0, 0.1) is 0 Å². The van der Waals surface area contributed by atoms with Crippen LogP contribution in [0.4, 0.5) is 11.4 Å². The highest BCUT2D eigenvalue weighted by Crippen LogP contribution is 2.50. The molecule has 11 nitrogen and oxygen atoms in total. The first-order valence-corrected chi connectivity index (χ1v) is 12.1. The van der Waals surface area contributed by atoms with Gasteiger partial charge in [0.15, 0.2) is 11.5 Å². The molecule has 0 saturated heterocycles. The molecule has 3 aromatic rings. The summed E-state index contributed by atoms with van der Waals surface area (Å²) >= 11 is 0. The number of benzene rings is 1. The van der Waals surface area contributed by atoms with E-state index in [1.54, 1.807) is 44.3 Å². The number of methoxy groups -OCH3 is 3. The molecular weight excluding hydrogens is 490 g/mol. The summed E-state index contributed by atoms with van der Waals surface area (Å²) in [7, 11) is 6.38. The van der Waals surface area contributed by atoms with Gasteiger partial charge in [-0.1, -0.05) is 6.07 Å². The van der Waals surface area contributed by atoms with Crippen LogP contribution < -0.4 is 35.6 Å². The zero-order valence-corrected chi connectivity index (χ0v) is 22.0. The molecule has 0 radical (unpaired) electrons. The van der Waals surface area contributed by atoms with Gasteiger partial charge in [0.05, 0.1) is 51.5 Å². The van der Waals surface area contributed by atoms with Gasteiger partial charge in [-0.3, -0.25) is 19.1 Å². The Morgan fingerprint density at radius 1 is 1.11 bits per heavy atom. The van der Waals surface area contributed by atoms with Crippen molar-refractivity contribution in [2.45, 2.75) is 25.8 Å². The Kier molecular flexibility index (Phi) is 7.85. The summed E-state index contributed by atoms with van der Waals surface area (Å²) in [6.07, 6.45) is 4.36. The number of anilines is 2. The van der Waals surface area contributed by atoms with E-state index in [1.165, 1.54) is 26.3 Å². The van der Waals surface area contributed by atoms with E-state index >= 15 is 0 Å². The molecule has 1 aliphatic carbocycles. The molecule has 38 heavy (non-hydrogen) atoms. The summed E-state index contributed by atoms with van der Waals surface area (Å²) in [6, 6.07) is 6.41. The van der Waals surface area contributed by atoms with E-state index in [1.807, 2.05) is 6.07 Å². The molecule has 200 valence electrons. The SMILES string of the molecule is COc1cc2c(c(OC)c1OC)-c1ccc(NCC(=O)Nc3cnn(C)c3)c(=O)cc1[C@@H](NC(C)=O)CC2. The fraction of sp³-hybridized carbons (Fsp3) is 0.333. The largest absolute Gasteiger partial charge is 0.493 e. The minimum Gasteiger partial charge on any atom is -0.493 e. The summed E-state index contributed by atoms with van der Waals surface area (Å²) in [5.74, 6) is 0.880. The molecule has 3 N–H and O–H groups in total. The smallest absolute Gasteiger partial charge is 0.243 e. The number of aromatic nitrogens is 2. The summed E-state index contributed by atoms with van der Waals surface area (Å²) in [5.41, 5.74) is 3.50. The van der Waals surface area contributed by atoms with Gasteiger partial charge in [0.2, 0.25) is 23.0 Å². The van der Waals surface area contributed by atoms with Crippen LogP contribution in [-0.4, -0.2) is 49.5 Å². The van der Waals surface area contributed by atoms with Gasteiger partial charge in [-0.25, -0.2) is 0 Å². The van der Waals surface area contributed by atoms with E-state index in [9.17, 15) is 14.4 Å². The van der Waals surface area contributed by atoms with Gasteiger partial charge in [-0.2, -0.15) is 5.10 Å². The molecule has 1 atom stereocenters. The van der Waals surface area contributed by atoms with Crippen LogP contribution in [0.3, 0.4) is 0 Å². The number of nitrogens with one attached hydrogen (secondary N) is 3. The van der Waals surface area contributed by atoms with Gasteiger partial charge in [0.25, 0.3) is 0 Å². The lowest BCUT2D eigenvalue weighted by molar-refractivity contribution is -0.119. The first-order chi connectivity index (χ1) is 18.2. The third kappa shape index (κ3) is 5.41. The maximum Gasteiger partial charge on any atom is 0.243 e. The second-order valence-electron chi connectivity index (χ2n) is 8.90. The van der Waals surface area contributed by atoms with Crippen LogP contribution in [-0.2, 0) is 23.1 Å². The molecule has 0 bridgehead atoms. The van der Waals surface area contributed by atoms with Crippen molar-refractivity contribution in [2.24, 2.45) is 7.05 Å². The van der Waals surface area contributed by atoms with E-state index < -0.39 is 6.04 Å². The molecular formula is C27H31N5O6. The number of carbonyl (C=O) groups is 2. The number of fused-ring (bicyclic) bond motifs is 3. The fourth-order valence-corrected chi connectivity index (χ4v) is 4.72. The number of carbonyl (C=O) groups excluding carboxylic acids is 2. The Morgan fingerprint density at radius 3 is 2.50 bits per heavy atom. The van der Waals surface area contributed by atoms with Crippen LogP contribution in [0.2, 0.25) is 0 Å². The molecule has 2 amide bonds. The maximum atomic E-state index is 13.3. The van der Waals surface area contributed by atoms with Crippen molar-refractivity contribution in [1.29, 1.82) is 0 Å². The lowest BCUT2D eigenvalue weighted by Gasteiger charge is -2.19. The van der Waals surface area contributed by atoms with Crippen molar-refractivity contribution in [3.05, 3.63) is 58.0 Å². The quantitative estimate of drug-likeness (QED) is 0.412. The molecule has 11 heteroatoms. The Balaban J connectivity index is 1.79. The predicted molar refractivity (Wildman–Crippen MR) is 143 cm³/mol. The van der Waals surface area contributed by atoms with Gasteiger partial charge in [0, 0.05) is 25.7 Å². The Labute approximate surface area is 220 Å². The second-order valence-corrected chi connectivity index (χ2v) is 8.90. The van der Waals surface area contributed by atoms with Gasteiger partial charge < -0.3 is 30.2 Å². The van der Waals surface area contributed by atoms with Gasteiger partial charge in [-0.05, 0) is 47.7 Å². The van der Waals surface area contributed by atoms with E-state index in [0.717, 1.165) is 11.1 Å². The molecule has 0 spiro atoms. The molecule has 0 unspecified atom stereocenters. The van der Waals surface area contributed by atoms with Crippen molar-refractivity contribution in [3.63, 3.8) is 0 Å². The van der Waals surface area contributed by atoms with Crippen molar-refractivity contribution < 1.29 is 23.8 Å². The summed E-state index contributed by atoms with van der Waals surface area (Å²) in [4.78, 5) is 37.8. The molecule has 1 heterocycles. The number of hydrogen-bond donors (Lipinski definition) is 3. The van der Waals surface area contributed by atoms with Gasteiger partial charge in [-0.15, -0.1) is 0 Å². The normalized spacial score (nSPS) is 13.9. The zero-order chi connectivity index (χ0) is 27.4. The topological polar surface area (TPSA) is 133 Å². The highest BCUT2D eigenvalue weighted by atomic mass is 16.5. The van der Waals surface area contributed by atoms with Gasteiger partial charge >= 0.3 is 0 Å². The predicted octanol–water partition coefficient (Wildman–Crippen LogP) is 2.65. The summed E-state index contributed by atoms with van der Waals surface area (Å²) < 4.78 is 18.5. The van der Waals surface area contributed by atoms with Crippen LogP contribution in [0.15, 0.2) is 41.5 Å². The van der Waals surface area contributed by atoms with Crippen LogP contribution in [0.25, 0.3) is 11.1 Å². The van der Waals surface area contributed by atoms with E-state index in [4.69, 9.17) is 14.2 Å². The summed E-state index contributed by atoms with van der Waals surface area (Å²) in [5, 5.41) is 12.7. The number of aryl methyl sites for hydroxylation is 2. The Bertz CT molecular complexity index is 1430. The highest BCUT2D eigenvalue weighted by Gasteiger charge is 2.29. The number of rotatable bonds is 8. The molecule has 1 aliphatic rings. The average molecular weight is 522 g/mol. The lowest BCUT2D eigenvalue weighted by Crippen LogP contribution is -2.27. The Hall–Kier alpha value is -4.54. The van der Waals surface area contributed by atoms with Crippen molar-refractivity contribution >= 4 is 23.2 Å². The van der Waals surface area contributed by atoms with Crippen molar-refractivity contribution in [3.8, 4) is 28.4 Å². The van der Waals surface area contributed by atoms with Crippen molar-refractivity contribution in [2.75, 3.05) is 38.5 Å². The molecule has 2 aromatic carbocycles. The standard InChI is InChI=1S/C27H31N5O6/c1-15(33)30-20-8-6-16-10-23(36-3)26(37-4)27(38-5)25(16)18-7-9-21(22(34)11-19(18)20)28-13-24(35)31-17-12-29-32(2)14-17/h7,9-12,14,20H,6,8,13H2,1-5H3,(H,28,34)(H,30,33)(H,31,35)/t20-/m0/s1. The van der Waals surface area contributed by atoms with E-state index in [2.05, 4.69) is 21.0 Å². The van der Waals surface area contributed by atoms with Crippen molar-refractivity contribution in [1.82, 2.24) is 15.1 Å². The molecule has 4 rings (SSSR count). The van der Waals surface area contributed by atoms with E-state index in [0.29, 0.717) is 46.9 Å². The van der Waals surface area contributed by atoms with Crippen LogP contribution in [0.5, 0.6) is 17.2 Å². The number of ether oxygens (including phenoxy) is 3. The van der Waals surface area contributed by atoms with E-state index in [-0.39, 0.29) is 29.5 Å². The first-order valence-electron chi connectivity index (χ1n) is 12.1. The summed E-state index contributed by atoms with van der Waals surface area (Å²) in [6.45, 7) is 1.32. The maximum absolute atomic E-state index is 13.3. The minimum absolute atomic E-state index is 0.126. The molecule has 0 aliphatic heterocycles. The fourth-order valence-electron chi connectivity index (χ4n) is 4.72. The number of hydrogen-bond acceptors (Lipinski definition) is 8. The molecule has 0 saturated carbocycles. The van der Waals surface area contributed by atoms with Gasteiger partial charge in [0.1, 0.15) is 0 Å². The number of amides is 2. The van der Waals surface area contributed by atoms with Crippen LogP contribution in [0.1, 0.15) is 30.5 Å². The third-order valence-electron chi connectivity index (χ3n) is 6.34. The average Bonchev–Trinajstić information content (AvgIpc) is 3.15. The van der Waals surface area contributed by atoms with Crippen LogP contribution >= 0.6 is 0 Å². The second kappa shape index (κ2) is 11.2. The first kappa shape index (κ1) is 26.5.